The normalized spacial score (nSPS) is 24.3. The Labute approximate surface area is 134 Å². The van der Waals surface area contributed by atoms with E-state index in [1.54, 1.807) is 7.11 Å². The SMILES string of the molecule is COC1CCC(C(=O)OCCCC(F)(F)C(F)(F)S(=O)[O-])CC1. The van der Waals surface area contributed by atoms with Gasteiger partial charge >= 0.3 is 17.1 Å². The van der Waals surface area contributed by atoms with Crippen molar-refractivity contribution in [2.24, 2.45) is 5.92 Å². The molecule has 0 spiro atoms. The van der Waals surface area contributed by atoms with Crippen molar-refractivity contribution >= 4 is 17.0 Å². The summed E-state index contributed by atoms with van der Waals surface area (Å²) in [5.41, 5.74) is 0. The molecule has 0 bridgehead atoms. The average Bonchev–Trinajstić information content (AvgIpc) is 2.51. The standard InChI is InChI=1S/C13H20F4O5S/c1-21-10-5-3-9(4-6-10)11(18)22-8-2-7-12(14,15)13(16,17)23(19)20/h9-10H,2-8H2,1H3,(H,19,20)/p-1. The summed E-state index contributed by atoms with van der Waals surface area (Å²) in [5, 5.41) is -5.14. The van der Waals surface area contributed by atoms with Crippen molar-refractivity contribution in [3.8, 4) is 0 Å². The molecule has 136 valence electrons. The fourth-order valence-electron chi connectivity index (χ4n) is 2.39. The summed E-state index contributed by atoms with van der Waals surface area (Å²) >= 11 is -4.22. The van der Waals surface area contributed by atoms with Crippen LogP contribution in [0.4, 0.5) is 17.6 Å². The predicted molar refractivity (Wildman–Crippen MR) is 71.8 cm³/mol. The van der Waals surface area contributed by atoms with E-state index in [9.17, 15) is 31.1 Å². The highest BCUT2D eigenvalue weighted by molar-refractivity contribution is 7.80. The van der Waals surface area contributed by atoms with Gasteiger partial charge in [-0.05, 0) is 32.1 Å². The number of hydrogen-bond acceptors (Lipinski definition) is 5. The number of esters is 1. The van der Waals surface area contributed by atoms with Crippen LogP contribution < -0.4 is 0 Å². The molecule has 5 nitrogen and oxygen atoms in total. The van der Waals surface area contributed by atoms with Gasteiger partial charge in [-0.2, -0.15) is 17.6 Å². The van der Waals surface area contributed by atoms with E-state index in [0.717, 1.165) is 0 Å². The van der Waals surface area contributed by atoms with Gasteiger partial charge in [0.1, 0.15) is 0 Å². The van der Waals surface area contributed by atoms with E-state index in [0.29, 0.717) is 25.7 Å². The molecule has 0 heterocycles. The van der Waals surface area contributed by atoms with Crippen molar-refractivity contribution in [2.45, 2.75) is 55.8 Å². The van der Waals surface area contributed by atoms with E-state index >= 15 is 0 Å². The topological polar surface area (TPSA) is 75.7 Å². The van der Waals surface area contributed by atoms with Crippen LogP contribution >= 0.6 is 0 Å². The smallest absolute Gasteiger partial charge is 0.371 e. The van der Waals surface area contributed by atoms with E-state index in [-0.39, 0.29) is 12.0 Å². The number of hydrogen-bond donors (Lipinski definition) is 0. The third kappa shape index (κ3) is 5.39. The highest BCUT2D eigenvalue weighted by Gasteiger charge is 2.56. The average molecular weight is 363 g/mol. The van der Waals surface area contributed by atoms with Crippen molar-refractivity contribution in [1.29, 1.82) is 0 Å². The summed E-state index contributed by atoms with van der Waals surface area (Å²) < 4.78 is 82.0. The van der Waals surface area contributed by atoms with Crippen molar-refractivity contribution in [2.75, 3.05) is 13.7 Å². The Kier molecular flexibility index (Phi) is 7.40. The minimum Gasteiger partial charge on any atom is -0.768 e. The number of ether oxygens (including phenoxy) is 2. The Balaban J connectivity index is 2.32. The monoisotopic (exact) mass is 363 g/mol. The van der Waals surface area contributed by atoms with E-state index in [1.807, 2.05) is 0 Å². The van der Waals surface area contributed by atoms with Crippen LogP contribution in [0.15, 0.2) is 0 Å². The van der Waals surface area contributed by atoms with Gasteiger partial charge in [-0.25, -0.2) is 0 Å². The minimum atomic E-state index is -5.14. The van der Waals surface area contributed by atoms with Crippen LogP contribution in [-0.4, -0.2) is 45.7 Å². The van der Waals surface area contributed by atoms with Gasteiger partial charge in [-0.1, -0.05) is 0 Å². The molecular weight excluding hydrogens is 344 g/mol. The fraction of sp³-hybridized carbons (Fsp3) is 0.923. The molecule has 0 N–H and O–H groups in total. The van der Waals surface area contributed by atoms with Crippen LogP contribution in [0.3, 0.4) is 0 Å². The quantitative estimate of drug-likeness (QED) is 0.287. The summed E-state index contributed by atoms with van der Waals surface area (Å²) in [4.78, 5) is 11.7. The Hall–Kier alpha value is -0.740. The van der Waals surface area contributed by atoms with Gasteiger partial charge in [-0.3, -0.25) is 9.00 Å². The lowest BCUT2D eigenvalue weighted by atomic mass is 9.87. The lowest BCUT2D eigenvalue weighted by Gasteiger charge is -2.28. The molecule has 23 heavy (non-hydrogen) atoms. The first-order valence-corrected chi connectivity index (χ1v) is 8.23. The summed E-state index contributed by atoms with van der Waals surface area (Å²) in [6, 6.07) is 0. The minimum absolute atomic E-state index is 0.0907. The second-order valence-corrected chi connectivity index (χ2v) is 6.42. The van der Waals surface area contributed by atoms with Crippen LogP contribution in [0.25, 0.3) is 0 Å². The molecule has 1 unspecified atom stereocenters. The summed E-state index contributed by atoms with van der Waals surface area (Å²) in [7, 11) is 1.58. The maximum absolute atomic E-state index is 13.1. The van der Waals surface area contributed by atoms with Gasteiger partial charge in [0.15, 0.2) is 0 Å². The molecule has 1 aliphatic carbocycles. The zero-order chi connectivity index (χ0) is 17.7. The lowest BCUT2D eigenvalue weighted by Crippen LogP contribution is -2.44. The van der Waals surface area contributed by atoms with Crippen molar-refractivity contribution in [3.05, 3.63) is 0 Å². The summed E-state index contributed by atoms with van der Waals surface area (Å²) in [6.45, 7) is -0.458. The third-order valence-electron chi connectivity index (χ3n) is 3.86. The summed E-state index contributed by atoms with van der Waals surface area (Å²) in [5.74, 6) is -5.61. The van der Waals surface area contributed by atoms with Crippen LogP contribution in [0.5, 0.6) is 0 Å². The highest BCUT2D eigenvalue weighted by atomic mass is 32.2. The number of methoxy groups -OCH3 is 1. The van der Waals surface area contributed by atoms with Gasteiger partial charge in [-0.15, -0.1) is 0 Å². The lowest BCUT2D eigenvalue weighted by molar-refractivity contribution is -0.166. The van der Waals surface area contributed by atoms with Gasteiger partial charge in [0.2, 0.25) is 0 Å². The van der Waals surface area contributed by atoms with E-state index in [1.165, 1.54) is 0 Å². The molecule has 1 saturated carbocycles. The van der Waals surface area contributed by atoms with Crippen LogP contribution in [-0.2, 0) is 25.3 Å². The molecule has 1 fully saturated rings. The first kappa shape index (κ1) is 20.3. The van der Waals surface area contributed by atoms with Crippen LogP contribution in [0, 0.1) is 5.92 Å². The molecular formula is C13H19F4O5S-. The Bertz CT molecular complexity index is 425. The number of rotatable bonds is 8. The first-order valence-electron chi connectivity index (χ1n) is 7.16. The number of alkyl halides is 4. The Morgan fingerprint density at radius 1 is 1.22 bits per heavy atom. The van der Waals surface area contributed by atoms with E-state index in [4.69, 9.17) is 9.47 Å². The zero-order valence-electron chi connectivity index (χ0n) is 12.6. The van der Waals surface area contributed by atoms with Gasteiger partial charge in [0.25, 0.3) is 0 Å². The fourth-order valence-corrected chi connectivity index (χ4v) is 2.73. The molecule has 0 aromatic heterocycles. The summed E-state index contributed by atoms with van der Waals surface area (Å²) in [6.07, 6.45) is 0.636. The van der Waals surface area contributed by atoms with E-state index in [2.05, 4.69) is 0 Å². The van der Waals surface area contributed by atoms with Gasteiger partial charge in [0, 0.05) is 24.6 Å². The van der Waals surface area contributed by atoms with Crippen molar-refractivity contribution < 1.29 is 40.6 Å². The molecule has 1 aliphatic rings. The molecule has 1 rings (SSSR count). The largest absolute Gasteiger partial charge is 0.768 e. The second-order valence-electron chi connectivity index (χ2n) is 5.44. The Morgan fingerprint density at radius 2 is 1.78 bits per heavy atom. The van der Waals surface area contributed by atoms with Gasteiger partial charge in [0.05, 0.1) is 18.6 Å². The number of carbonyl (C=O) groups is 1. The molecule has 1 atom stereocenters. The molecule has 0 aromatic carbocycles. The number of carbonyl (C=O) groups excluding carboxylic acids is 1. The third-order valence-corrected chi connectivity index (χ3v) is 4.57. The van der Waals surface area contributed by atoms with Crippen LogP contribution in [0.1, 0.15) is 38.5 Å². The molecule has 0 aliphatic heterocycles. The molecule has 0 radical (unpaired) electrons. The van der Waals surface area contributed by atoms with Crippen molar-refractivity contribution in [3.63, 3.8) is 0 Å². The van der Waals surface area contributed by atoms with E-state index < -0.39 is 47.7 Å². The van der Waals surface area contributed by atoms with Crippen molar-refractivity contribution in [1.82, 2.24) is 0 Å². The maximum Gasteiger partial charge on any atom is 0.371 e. The molecule has 0 amide bonds. The molecule has 0 aromatic rings. The van der Waals surface area contributed by atoms with Crippen LogP contribution in [0.2, 0.25) is 0 Å². The molecule has 0 saturated heterocycles. The second kappa shape index (κ2) is 8.39. The number of halogens is 4. The highest BCUT2D eigenvalue weighted by Crippen LogP contribution is 2.39. The maximum atomic E-state index is 13.1. The predicted octanol–water partition coefficient (Wildman–Crippen LogP) is 2.62. The first-order chi connectivity index (χ1) is 10.6. The van der Waals surface area contributed by atoms with Gasteiger partial charge < -0.3 is 14.0 Å². The molecule has 10 heteroatoms. The Morgan fingerprint density at radius 3 is 2.26 bits per heavy atom. The zero-order valence-corrected chi connectivity index (χ0v) is 13.4.